The Morgan fingerprint density at radius 2 is 1.63 bits per heavy atom. The molecule has 0 unspecified atom stereocenters. The first-order valence-electron chi connectivity index (χ1n) is 10.4. The van der Waals surface area contributed by atoms with E-state index in [9.17, 15) is 13.2 Å². The number of benzene rings is 2. The highest BCUT2D eigenvalue weighted by molar-refractivity contribution is 9.10. The Balaban J connectivity index is 1.36. The fourth-order valence-corrected chi connectivity index (χ4v) is 4.33. The van der Waals surface area contributed by atoms with Crippen molar-refractivity contribution in [3.05, 3.63) is 94.1 Å². The molecule has 4 aromatic rings. The first kappa shape index (κ1) is 24.4. The van der Waals surface area contributed by atoms with Gasteiger partial charge in [-0.1, -0.05) is 15.9 Å². The molecule has 2 aromatic heterocycles. The van der Waals surface area contributed by atoms with E-state index in [1.54, 1.807) is 32.0 Å². The van der Waals surface area contributed by atoms with E-state index in [2.05, 4.69) is 35.9 Å². The molecule has 0 aliphatic carbocycles. The molecule has 180 valence electrons. The first-order valence-corrected chi connectivity index (χ1v) is 12.7. The van der Waals surface area contributed by atoms with Gasteiger partial charge in [-0.05, 0) is 80.6 Å². The summed E-state index contributed by atoms with van der Waals surface area (Å²) < 4.78 is 39.8. The molecule has 0 bridgehead atoms. The average molecular weight is 557 g/mol. The molecule has 0 radical (unpaired) electrons. The van der Waals surface area contributed by atoms with Crippen molar-refractivity contribution in [3.8, 4) is 5.75 Å². The lowest BCUT2D eigenvalue weighted by Crippen LogP contribution is -2.16. The summed E-state index contributed by atoms with van der Waals surface area (Å²) in [5.74, 6) is 0.781. The van der Waals surface area contributed by atoms with E-state index in [0.29, 0.717) is 28.6 Å². The number of rotatable bonds is 8. The van der Waals surface area contributed by atoms with Gasteiger partial charge in [0.15, 0.2) is 5.76 Å². The summed E-state index contributed by atoms with van der Waals surface area (Å²) in [4.78, 5) is 20.7. The number of carbonyl (C=O) groups excluding carboxylic acids is 1. The Kier molecular flexibility index (Phi) is 7.17. The molecule has 0 atom stereocenters. The largest absolute Gasteiger partial charge is 0.486 e. The van der Waals surface area contributed by atoms with Gasteiger partial charge in [-0.3, -0.25) is 4.79 Å². The van der Waals surface area contributed by atoms with Crippen LogP contribution in [0.1, 0.15) is 27.7 Å². The minimum atomic E-state index is -3.90. The van der Waals surface area contributed by atoms with Crippen LogP contribution in [-0.4, -0.2) is 24.3 Å². The van der Waals surface area contributed by atoms with Crippen molar-refractivity contribution < 1.29 is 22.4 Å². The van der Waals surface area contributed by atoms with Crippen molar-refractivity contribution in [2.24, 2.45) is 0 Å². The third kappa shape index (κ3) is 6.46. The average Bonchev–Trinajstić information content (AvgIpc) is 3.27. The summed E-state index contributed by atoms with van der Waals surface area (Å²) in [5, 5.41) is 2.68. The van der Waals surface area contributed by atoms with Crippen LogP contribution in [0.25, 0.3) is 0 Å². The SMILES string of the molecule is Cc1cc(C)nc(NS(=O)(=O)c2ccc(NC(=O)c3ccc(COc4ccc(Br)cc4)o3)cc2)n1. The van der Waals surface area contributed by atoms with E-state index in [4.69, 9.17) is 9.15 Å². The van der Waals surface area contributed by atoms with Gasteiger partial charge in [0.2, 0.25) is 5.95 Å². The molecule has 0 aliphatic rings. The predicted octanol–water partition coefficient (Wildman–Crippen LogP) is 5.08. The van der Waals surface area contributed by atoms with Crippen LogP contribution in [-0.2, 0) is 16.6 Å². The van der Waals surface area contributed by atoms with Crippen molar-refractivity contribution in [1.82, 2.24) is 9.97 Å². The second kappa shape index (κ2) is 10.3. The monoisotopic (exact) mass is 556 g/mol. The molecule has 0 spiro atoms. The standard InChI is InChI=1S/C24H21BrN4O5S/c1-15-13-16(2)27-24(26-15)29-35(31,32)21-10-5-18(6-11-21)28-23(30)22-12-9-20(34-22)14-33-19-7-3-17(25)4-8-19/h3-13H,14H2,1-2H3,(H,28,30)(H,26,27,29). The Morgan fingerprint density at radius 3 is 2.29 bits per heavy atom. The highest BCUT2D eigenvalue weighted by atomic mass is 79.9. The summed E-state index contributed by atoms with van der Waals surface area (Å²) in [7, 11) is -3.90. The number of amides is 1. The Labute approximate surface area is 210 Å². The van der Waals surface area contributed by atoms with Crippen LogP contribution in [0.3, 0.4) is 0 Å². The number of halogens is 1. The number of nitrogens with zero attached hydrogens (tertiary/aromatic N) is 2. The van der Waals surface area contributed by atoms with E-state index >= 15 is 0 Å². The summed E-state index contributed by atoms with van der Waals surface area (Å²) in [6, 6.07) is 18.0. The Morgan fingerprint density at radius 1 is 0.971 bits per heavy atom. The molecule has 2 aromatic carbocycles. The fourth-order valence-electron chi connectivity index (χ4n) is 3.12. The molecule has 0 saturated heterocycles. The number of aryl methyl sites for hydroxylation is 2. The lowest BCUT2D eigenvalue weighted by Gasteiger charge is -2.09. The maximum Gasteiger partial charge on any atom is 0.291 e. The number of hydrogen-bond acceptors (Lipinski definition) is 7. The minimum absolute atomic E-state index is 0.00221. The Bertz CT molecular complexity index is 1430. The van der Waals surface area contributed by atoms with Crippen LogP contribution < -0.4 is 14.8 Å². The molecule has 0 aliphatic heterocycles. The number of carbonyl (C=O) groups is 1. The predicted molar refractivity (Wildman–Crippen MR) is 134 cm³/mol. The van der Waals surface area contributed by atoms with Gasteiger partial charge in [0, 0.05) is 21.5 Å². The van der Waals surface area contributed by atoms with Crippen LogP contribution >= 0.6 is 15.9 Å². The number of sulfonamides is 1. The van der Waals surface area contributed by atoms with Gasteiger partial charge >= 0.3 is 0 Å². The smallest absolute Gasteiger partial charge is 0.291 e. The van der Waals surface area contributed by atoms with E-state index in [1.807, 2.05) is 24.3 Å². The third-order valence-corrected chi connectivity index (χ3v) is 6.58. The highest BCUT2D eigenvalue weighted by Crippen LogP contribution is 2.20. The van der Waals surface area contributed by atoms with Crippen molar-refractivity contribution in [1.29, 1.82) is 0 Å². The van der Waals surface area contributed by atoms with Crippen LogP contribution in [0.15, 0.2) is 80.5 Å². The van der Waals surface area contributed by atoms with Gasteiger partial charge in [-0.25, -0.2) is 23.1 Å². The quantitative estimate of drug-likeness (QED) is 0.310. The van der Waals surface area contributed by atoms with Crippen molar-refractivity contribution in [3.63, 3.8) is 0 Å². The highest BCUT2D eigenvalue weighted by Gasteiger charge is 2.17. The van der Waals surface area contributed by atoms with Crippen LogP contribution in [0, 0.1) is 13.8 Å². The molecular weight excluding hydrogens is 536 g/mol. The number of furan rings is 1. The van der Waals surface area contributed by atoms with Gasteiger partial charge in [-0.15, -0.1) is 0 Å². The van der Waals surface area contributed by atoms with Crippen molar-refractivity contribution in [2.45, 2.75) is 25.3 Å². The molecule has 1 amide bonds. The number of ether oxygens (including phenoxy) is 1. The molecule has 9 nitrogen and oxygen atoms in total. The van der Waals surface area contributed by atoms with Gasteiger partial charge in [0.1, 0.15) is 18.1 Å². The molecule has 35 heavy (non-hydrogen) atoms. The van der Waals surface area contributed by atoms with E-state index in [0.717, 1.165) is 4.47 Å². The van der Waals surface area contributed by atoms with Gasteiger partial charge in [-0.2, -0.15) is 0 Å². The maximum atomic E-state index is 12.7. The molecular formula is C24H21BrN4O5S. The lowest BCUT2D eigenvalue weighted by atomic mass is 10.3. The number of nitrogens with one attached hydrogen (secondary N) is 2. The van der Waals surface area contributed by atoms with E-state index in [1.165, 1.54) is 24.3 Å². The fraction of sp³-hybridized carbons (Fsp3) is 0.125. The van der Waals surface area contributed by atoms with Crippen molar-refractivity contribution >= 4 is 43.5 Å². The third-order valence-electron chi connectivity index (χ3n) is 4.71. The zero-order valence-electron chi connectivity index (χ0n) is 18.8. The topological polar surface area (TPSA) is 123 Å². The first-order chi connectivity index (χ1) is 16.7. The molecule has 4 rings (SSSR count). The van der Waals surface area contributed by atoms with Crippen molar-refractivity contribution in [2.75, 3.05) is 10.0 Å². The number of aromatic nitrogens is 2. The zero-order chi connectivity index (χ0) is 25.0. The summed E-state index contributed by atoms with van der Waals surface area (Å²) in [6.45, 7) is 3.67. The van der Waals surface area contributed by atoms with Gasteiger partial charge < -0.3 is 14.5 Å². The number of anilines is 2. The maximum absolute atomic E-state index is 12.7. The minimum Gasteiger partial charge on any atom is -0.486 e. The van der Waals surface area contributed by atoms with Gasteiger partial charge in [0.05, 0.1) is 4.90 Å². The summed E-state index contributed by atoms with van der Waals surface area (Å²) in [6.07, 6.45) is 0. The molecule has 2 N–H and O–H groups in total. The van der Waals surface area contributed by atoms with E-state index < -0.39 is 15.9 Å². The molecule has 0 saturated carbocycles. The Hall–Kier alpha value is -3.70. The summed E-state index contributed by atoms with van der Waals surface area (Å²) >= 11 is 3.36. The second-order valence-electron chi connectivity index (χ2n) is 7.57. The van der Waals surface area contributed by atoms with Crippen LogP contribution in [0.2, 0.25) is 0 Å². The second-order valence-corrected chi connectivity index (χ2v) is 10.2. The zero-order valence-corrected chi connectivity index (χ0v) is 21.2. The van der Waals surface area contributed by atoms with E-state index in [-0.39, 0.29) is 23.2 Å². The summed E-state index contributed by atoms with van der Waals surface area (Å²) in [5.41, 5.74) is 1.70. The van der Waals surface area contributed by atoms with Gasteiger partial charge in [0.25, 0.3) is 15.9 Å². The normalized spacial score (nSPS) is 11.2. The lowest BCUT2D eigenvalue weighted by molar-refractivity contribution is 0.0992. The number of hydrogen-bond donors (Lipinski definition) is 2. The van der Waals surface area contributed by atoms with Crippen LogP contribution in [0.5, 0.6) is 5.75 Å². The molecule has 2 heterocycles. The molecule has 11 heteroatoms. The molecule has 0 fully saturated rings. The van der Waals surface area contributed by atoms with Crippen LogP contribution in [0.4, 0.5) is 11.6 Å².